The molecule has 1 aliphatic rings. The first-order chi connectivity index (χ1) is 9.08. The largest absolute Gasteiger partial charge is 0.479 e. The van der Waals surface area contributed by atoms with E-state index in [1.807, 2.05) is 11.0 Å². The Morgan fingerprint density at radius 2 is 2.16 bits per heavy atom. The molecule has 19 heavy (non-hydrogen) atoms. The van der Waals surface area contributed by atoms with Crippen molar-refractivity contribution in [2.45, 2.75) is 13.0 Å². The highest BCUT2D eigenvalue weighted by molar-refractivity contribution is 9.10. The maximum atomic E-state index is 12.2. The number of carbonyl (C=O) groups excluding carboxylic acids is 1. The van der Waals surface area contributed by atoms with Crippen LogP contribution in [0.1, 0.15) is 6.92 Å². The zero-order valence-corrected chi connectivity index (χ0v) is 13.0. The predicted octanol–water partition coefficient (Wildman–Crippen LogP) is 2.30. The lowest BCUT2D eigenvalue weighted by atomic mass is 10.2. The van der Waals surface area contributed by atoms with Gasteiger partial charge in [0.15, 0.2) is 6.10 Å². The molecule has 1 amide bonds. The molecule has 1 atom stereocenters. The van der Waals surface area contributed by atoms with Gasteiger partial charge < -0.3 is 15.0 Å². The lowest BCUT2D eigenvalue weighted by Gasteiger charge is -2.29. The fourth-order valence-corrected chi connectivity index (χ4v) is 2.67. The van der Waals surface area contributed by atoms with Crippen molar-refractivity contribution in [3.05, 3.63) is 27.7 Å². The molecule has 0 aliphatic carbocycles. The number of piperazine rings is 1. The number of hydrogen-bond acceptors (Lipinski definition) is 3. The van der Waals surface area contributed by atoms with Gasteiger partial charge in [-0.25, -0.2) is 0 Å². The van der Waals surface area contributed by atoms with Crippen LogP contribution in [-0.4, -0.2) is 43.1 Å². The maximum absolute atomic E-state index is 12.2. The summed E-state index contributed by atoms with van der Waals surface area (Å²) < 4.78 is 6.53. The van der Waals surface area contributed by atoms with E-state index < -0.39 is 6.10 Å². The second kappa shape index (κ2) is 6.59. The summed E-state index contributed by atoms with van der Waals surface area (Å²) in [6, 6.07) is 5.34. The average Bonchev–Trinajstić information content (AvgIpc) is 2.42. The van der Waals surface area contributed by atoms with E-state index in [0.717, 1.165) is 30.7 Å². The van der Waals surface area contributed by atoms with Crippen LogP contribution in [0.3, 0.4) is 0 Å². The Kier molecular flexibility index (Phi) is 5.07. The van der Waals surface area contributed by atoms with Gasteiger partial charge in [0, 0.05) is 30.7 Å². The number of nitrogens with one attached hydrogen (secondary N) is 1. The van der Waals surface area contributed by atoms with Crippen LogP contribution in [0.15, 0.2) is 22.7 Å². The highest BCUT2D eigenvalue weighted by atomic mass is 79.9. The van der Waals surface area contributed by atoms with Gasteiger partial charge in [0.05, 0.1) is 5.02 Å². The van der Waals surface area contributed by atoms with Crippen LogP contribution in [0.25, 0.3) is 0 Å². The average molecular weight is 348 g/mol. The van der Waals surface area contributed by atoms with Crippen molar-refractivity contribution in [1.82, 2.24) is 10.2 Å². The Morgan fingerprint density at radius 1 is 1.47 bits per heavy atom. The van der Waals surface area contributed by atoms with E-state index >= 15 is 0 Å². The van der Waals surface area contributed by atoms with Crippen molar-refractivity contribution < 1.29 is 9.53 Å². The summed E-state index contributed by atoms with van der Waals surface area (Å²) in [5.74, 6) is 0.529. The van der Waals surface area contributed by atoms with Crippen molar-refractivity contribution >= 4 is 33.4 Å². The molecule has 2 rings (SSSR count). The number of nitrogens with zero attached hydrogens (tertiary/aromatic N) is 1. The third-order valence-corrected chi connectivity index (χ3v) is 3.76. The van der Waals surface area contributed by atoms with Crippen LogP contribution < -0.4 is 10.1 Å². The second-order valence-corrected chi connectivity index (χ2v) is 5.73. The fourth-order valence-electron chi connectivity index (χ4n) is 1.95. The summed E-state index contributed by atoms with van der Waals surface area (Å²) in [6.07, 6.45) is -0.531. The second-order valence-electron chi connectivity index (χ2n) is 4.41. The number of amides is 1. The molecule has 0 radical (unpaired) electrons. The van der Waals surface area contributed by atoms with Gasteiger partial charge in [-0.2, -0.15) is 0 Å². The third-order valence-electron chi connectivity index (χ3n) is 2.97. The van der Waals surface area contributed by atoms with Gasteiger partial charge in [-0.15, -0.1) is 0 Å². The van der Waals surface area contributed by atoms with Gasteiger partial charge in [0.1, 0.15) is 5.75 Å². The molecule has 1 saturated heterocycles. The molecule has 1 aliphatic heterocycles. The lowest BCUT2D eigenvalue weighted by Crippen LogP contribution is -2.50. The molecule has 0 aromatic heterocycles. The summed E-state index contributed by atoms with van der Waals surface area (Å²) in [5, 5.41) is 3.71. The van der Waals surface area contributed by atoms with E-state index in [4.69, 9.17) is 16.3 Å². The topological polar surface area (TPSA) is 41.6 Å². The van der Waals surface area contributed by atoms with Crippen LogP contribution in [0.2, 0.25) is 5.02 Å². The molecule has 6 heteroatoms. The molecule has 4 nitrogen and oxygen atoms in total. The first-order valence-corrected chi connectivity index (χ1v) is 7.36. The van der Waals surface area contributed by atoms with Gasteiger partial charge in [0.25, 0.3) is 5.91 Å². The monoisotopic (exact) mass is 346 g/mol. The Morgan fingerprint density at radius 3 is 2.79 bits per heavy atom. The van der Waals surface area contributed by atoms with Crippen LogP contribution in [0, 0.1) is 0 Å². The number of halogens is 2. The third kappa shape index (κ3) is 3.84. The fraction of sp³-hybridized carbons (Fsp3) is 0.462. The Balaban J connectivity index is 1.99. The van der Waals surface area contributed by atoms with Crippen molar-refractivity contribution in [1.29, 1.82) is 0 Å². The first-order valence-electron chi connectivity index (χ1n) is 6.19. The van der Waals surface area contributed by atoms with Gasteiger partial charge >= 0.3 is 0 Å². The minimum atomic E-state index is -0.531. The number of benzene rings is 1. The molecule has 0 spiro atoms. The summed E-state index contributed by atoms with van der Waals surface area (Å²) in [7, 11) is 0. The Labute approximate surface area is 126 Å². The number of carbonyl (C=O) groups is 1. The standard InChI is InChI=1S/C13H16BrClN2O2/c1-9(13(18)17-6-4-16-5-7-17)19-12-3-2-10(14)8-11(12)15/h2-3,8-9,16H,4-7H2,1H3. The van der Waals surface area contributed by atoms with Crippen LogP contribution >= 0.6 is 27.5 Å². The Hall–Kier alpha value is -0.780. The molecule has 1 fully saturated rings. The SMILES string of the molecule is CC(Oc1ccc(Br)cc1Cl)C(=O)N1CCNCC1. The molecule has 1 aromatic rings. The van der Waals surface area contributed by atoms with Gasteiger partial charge in [0.2, 0.25) is 0 Å². The molecular formula is C13H16BrClN2O2. The van der Waals surface area contributed by atoms with Crippen molar-refractivity contribution in [3.8, 4) is 5.75 Å². The smallest absolute Gasteiger partial charge is 0.263 e. The summed E-state index contributed by atoms with van der Waals surface area (Å²) in [5.41, 5.74) is 0. The lowest BCUT2D eigenvalue weighted by molar-refractivity contribution is -0.138. The molecule has 104 valence electrons. The molecule has 1 unspecified atom stereocenters. The summed E-state index contributed by atoms with van der Waals surface area (Å²) in [6.45, 7) is 4.86. The highest BCUT2D eigenvalue weighted by Crippen LogP contribution is 2.28. The molecule has 1 aromatic carbocycles. The molecule has 0 bridgehead atoms. The summed E-state index contributed by atoms with van der Waals surface area (Å²) in [4.78, 5) is 14.0. The molecule has 0 saturated carbocycles. The van der Waals surface area contributed by atoms with E-state index in [2.05, 4.69) is 21.2 Å². The van der Waals surface area contributed by atoms with Gasteiger partial charge in [-0.3, -0.25) is 4.79 Å². The van der Waals surface area contributed by atoms with E-state index in [-0.39, 0.29) is 5.91 Å². The van der Waals surface area contributed by atoms with Crippen LogP contribution in [0.5, 0.6) is 5.75 Å². The van der Waals surface area contributed by atoms with E-state index in [0.29, 0.717) is 10.8 Å². The maximum Gasteiger partial charge on any atom is 0.263 e. The highest BCUT2D eigenvalue weighted by Gasteiger charge is 2.23. The number of ether oxygens (including phenoxy) is 1. The van der Waals surface area contributed by atoms with E-state index in [1.165, 1.54) is 0 Å². The quantitative estimate of drug-likeness (QED) is 0.912. The molecular weight excluding hydrogens is 332 g/mol. The van der Waals surface area contributed by atoms with Gasteiger partial charge in [-0.05, 0) is 25.1 Å². The van der Waals surface area contributed by atoms with Crippen molar-refractivity contribution in [3.63, 3.8) is 0 Å². The summed E-state index contributed by atoms with van der Waals surface area (Å²) >= 11 is 9.41. The van der Waals surface area contributed by atoms with Gasteiger partial charge in [-0.1, -0.05) is 27.5 Å². The minimum Gasteiger partial charge on any atom is -0.479 e. The van der Waals surface area contributed by atoms with E-state index in [1.54, 1.807) is 19.1 Å². The zero-order valence-electron chi connectivity index (χ0n) is 10.7. The van der Waals surface area contributed by atoms with Crippen LogP contribution in [0.4, 0.5) is 0 Å². The van der Waals surface area contributed by atoms with Crippen molar-refractivity contribution in [2.75, 3.05) is 26.2 Å². The predicted molar refractivity (Wildman–Crippen MR) is 78.7 cm³/mol. The Bertz CT molecular complexity index is 464. The van der Waals surface area contributed by atoms with Crippen molar-refractivity contribution in [2.24, 2.45) is 0 Å². The first kappa shape index (κ1) is 14.6. The number of hydrogen-bond donors (Lipinski definition) is 1. The van der Waals surface area contributed by atoms with E-state index in [9.17, 15) is 4.79 Å². The normalized spacial score (nSPS) is 17.1. The van der Waals surface area contributed by atoms with Crippen LogP contribution in [-0.2, 0) is 4.79 Å². The number of rotatable bonds is 3. The zero-order chi connectivity index (χ0) is 13.8. The molecule has 1 heterocycles. The minimum absolute atomic E-state index is 0.000449. The molecule has 1 N–H and O–H groups in total.